The molecule has 0 bridgehead atoms. The largest absolute Gasteiger partial charge is 0.385 e. The molecule has 94 valence electrons. The Morgan fingerprint density at radius 1 is 1.00 bits per heavy atom. The highest BCUT2D eigenvalue weighted by Gasteiger charge is 2.11. The third-order valence-corrected chi connectivity index (χ3v) is 4.08. The minimum Gasteiger partial charge on any atom is -0.385 e. The SMILES string of the molecule is Cc1ccc(NCC2CCCCCC2)cc1C. The van der Waals surface area contributed by atoms with Gasteiger partial charge < -0.3 is 5.32 Å². The van der Waals surface area contributed by atoms with Crippen molar-refractivity contribution in [3.63, 3.8) is 0 Å². The summed E-state index contributed by atoms with van der Waals surface area (Å²) in [5.41, 5.74) is 4.05. The Morgan fingerprint density at radius 2 is 1.71 bits per heavy atom. The minimum absolute atomic E-state index is 0.888. The first-order valence-electron chi connectivity index (χ1n) is 7.07. The molecular weight excluding hydrogens is 206 g/mol. The monoisotopic (exact) mass is 231 g/mol. The molecule has 0 radical (unpaired) electrons. The normalized spacial score (nSPS) is 17.8. The van der Waals surface area contributed by atoms with E-state index >= 15 is 0 Å². The predicted molar refractivity (Wildman–Crippen MR) is 75.6 cm³/mol. The summed E-state index contributed by atoms with van der Waals surface area (Å²) in [6.07, 6.45) is 8.58. The van der Waals surface area contributed by atoms with Gasteiger partial charge in [0.25, 0.3) is 0 Å². The van der Waals surface area contributed by atoms with Crippen LogP contribution in [0.4, 0.5) is 5.69 Å². The van der Waals surface area contributed by atoms with Gasteiger partial charge in [0.1, 0.15) is 0 Å². The van der Waals surface area contributed by atoms with E-state index < -0.39 is 0 Å². The maximum absolute atomic E-state index is 3.61. The lowest BCUT2D eigenvalue weighted by atomic mass is 10.0. The Kier molecular flexibility index (Phi) is 4.47. The fourth-order valence-electron chi connectivity index (χ4n) is 2.68. The van der Waals surface area contributed by atoms with Crippen LogP contribution in [-0.4, -0.2) is 6.54 Å². The predicted octanol–water partition coefficient (Wildman–Crippen LogP) is 4.69. The van der Waals surface area contributed by atoms with Crippen molar-refractivity contribution < 1.29 is 0 Å². The average Bonchev–Trinajstić information content (AvgIpc) is 2.59. The second-order valence-corrected chi connectivity index (χ2v) is 5.54. The van der Waals surface area contributed by atoms with Crippen molar-refractivity contribution in [2.75, 3.05) is 11.9 Å². The van der Waals surface area contributed by atoms with Crippen LogP contribution in [0.2, 0.25) is 0 Å². The van der Waals surface area contributed by atoms with Crippen LogP contribution < -0.4 is 5.32 Å². The molecule has 0 amide bonds. The zero-order chi connectivity index (χ0) is 12.1. The van der Waals surface area contributed by atoms with E-state index in [1.54, 1.807) is 0 Å². The van der Waals surface area contributed by atoms with Crippen molar-refractivity contribution >= 4 is 5.69 Å². The topological polar surface area (TPSA) is 12.0 Å². The fraction of sp³-hybridized carbons (Fsp3) is 0.625. The molecule has 17 heavy (non-hydrogen) atoms. The van der Waals surface area contributed by atoms with Crippen LogP contribution in [0.25, 0.3) is 0 Å². The number of nitrogens with one attached hydrogen (secondary N) is 1. The molecule has 1 aromatic rings. The number of hydrogen-bond donors (Lipinski definition) is 1. The fourth-order valence-corrected chi connectivity index (χ4v) is 2.68. The first-order chi connectivity index (χ1) is 8.25. The molecule has 0 spiro atoms. The molecule has 0 saturated heterocycles. The molecule has 1 N–H and O–H groups in total. The summed E-state index contributed by atoms with van der Waals surface area (Å²) in [5.74, 6) is 0.888. The molecule has 1 saturated carbocycles. The van der Waals surface area contributed by atoms with Gasteiger partial charge in [0.05, 0.1) is 0 Å². The second kappa shape index (κ2) is 6.09. The summed E-state index contributed by atoms with van der Waals surface area (Å²) in [6, 6.07) is 6.69. The van der Waals surface area contributed by atoms with Crippen LogP contribution in [-0.2, 0) is 0 Å². The lowest BCUT2D eigenvalue weighted by molar-refractivity contribution is 0.483. The minimum atomic E-state index is 0.888. The summed E-state index contributed by atoms with van der Waals surface area (Å²) in [6.45, 7) is 5.51. The van der Waals surface area contributed by atoms with E-state index in [4.69, 9.17) is 0 Å². The van der Waals surface area contributed by atoms with Gasteiger partial charge in [0, 0.05) is 12.2 Å². The van der Waals surface area contributed by atoms with Gasteiger partial charge in [-0.2, -0.15) is 0 Å². The van der Waals surface area contributed by atoms with Gasteiger partial charge in [0.2, 0.25) is 0 Å². The molecule has 0 atom stereocenters. The van der Waals surface area contributed by atoms with E-state index in [9.17, 15) is 0 Å². The molecule has 1 fully saturated rings. The zero-order valence-corrected chi connectivity index (χ0v) is 11.3. The standard InChI is InChI=1S/C16H25N/c1-13-9-10-16(11-14(13)2)17-12-15-7-5-3-4-6-8-15/h9-11,15,17H,3-8,12H2,1-2H3. The van der Waals surface area contributed by atoms with Crippen LogP contribution in [0.3, 0.4) is 0 Å². The Balaban J connectivity index is 1.85. The lowest BCUT2D eigenvalue weighted by Crippen LogP contribution is -2.13. The van der Waals surface area contributed by atoms with E-state index in [1.807, 2.05) is 0 Å². The third-order valence-electron chi connectivity index (χ3n) is 4.08. The zero-order valence-electron chi connectivity index (χ0n) is 11.3. The van der Waals surface area contributed by atoms with Crippen molar-refractivity contribution in [3.05, 3.63) is 29.3 Å². The lowest BCUT2D eigenvalue weighted by Gasteiger charge is -2.16. The molecular formula is C16H25N. The van der Waals surface area contributed by atoms with Gasteiger partial charge in [-0.25, -0.2) is 0 Å². The first-order valence-corrected chi connectivity index (χ1v) is 7.07. The summed E-state index contributed by atoms with van der Waals surface area (Å²) in [7, 11) is 0. The van der Waals surface area contributed by atoms with Crippen LogP contribution in [0.5, 0.6) is 0 Å². The molecule has 0 aromatic heterocycles. The molecule has 0 heterocycles. The molecule has 2 rings (SSSR count). The molecule has 1 heteroatoms. The van der Waals surface area contributed by atoms with Gasteiger partial charge >= 0.3 is 0 Å². The van der Waals surface area contributed by atoms with E-state index in [1.165, 1.54) is 55.3 Å². The van der Waals surface area contributed by atoms with Gasteiger partial charge in [-0.15, -0.1) is 0 Å². The first kappa shape index (κ1) is 12.5. The Bertz CT molecular complexity index is 349. The molecule has 0 unspecified atom stereocenters. The molecule has 1 aromatic carbocycles. The van der Waals surface area contributed by atoms with Gasteiger partial charge in [0.15, 0.2) is 0 Å². The Hall–Kier alpha value is -0.980. The van der Waals surface area contributed by atoms with Crippen molar-refractivity contribution in [3.8, 4) is 0 Å². The van der Waals surface area contributed by atoms with Crippen molar-refractivity contribution in [1.29, 1.82) is 0 Å². The van der Waals surface area contributed by atoms with Gasteiger partial charge in [-0.1, -0.05) is 31.7 Å². The smallest absolute Gasteiger partial charge is 0.0343 e. The highest BCUT2D eigenvalue weighted by Crippen LogP contribution is 2.23. The number of benzene rings is 1. The van der Waals surface area contributed by atoms with E-state index in [2.05, 4.69) is 37.4 Å². The highest BCUT2D eigenvalue weighted by molar-refractivity contribution is 5.48. The summed E-state index contributed by atoms with van der Waals surface area (Å²) < 4.78 is 0. The van der Waals surface area contributed by atoms with Crippen molar-refractivity contribution in [2.45, 2.75) is 52.4 Å². The van der Waals surface area contributed by atoms with Crippen LogP contribution in [0.1, 0.15) is 49.7 Å². The van der Waals surface area contributed by atoms with Gasteiger partial charge in [-0.3, -0.25) is 0 Å². The van der Waals surface area contributed by atoms with Gasteiger partial charge in [-0.05, 0) is 55.9 Å². The quantitative estimate of drug-likeness (QED) is 0.744. The second-order valence-electron chi connectivity index (χ2n) is 5.54. The van der Waals surface area contributed by atoms with Crippen molar-refractivity contribution in [2.24, 2.45) is 5.92 Å². The summed E-state index contributed by atoms with van der Waals surface area (Å²) >= 11 is 0. The summed E-state index contributed by atoms with van der Waals surface area (Å²) in [5, 5.41) is 3.61. The van der Waals surface area contributed by atoms with Crippen LogP contribution in [0.15, 0.2) is 18.2 Å². The Morgan fingerprint density at radius 3 is 2.35 bits per heavy atom. The van der Waals surface area contributed by atoms with Crippen LogP contribution >= 0.6 is 0 Å². The molecule has 1 nitrogen and oxygen atoms in total. The number of anilines is 1. The maximum atomic E-state index is 3.61. The molecule has 1 aliphatic rings. The van der Waals surface area contributed by atoms with Crippen LogP contribution in [0, 0.1) is 19.8 Å². The molecule has 1 aliphatic carbocycles. The highest BCUT2D eigenvalue weighted by atomic mass is 14.9. The van der Waals surface area contributed by atoms with E-state index in [0.717, 1.165) is 12.5 Å². The van der Waals surface area contributed by atoms with E-state index in [0.29, 0.717) is 0 Å². The number of rotatable bonds is 3. The maximum Gasteiger partial charge on any atom is 0.0343 e. The third kappa shape index (κ3) is 3.76. The molecule has 0 aliphatic heterocycles. The number of aryl methyl sites for hydroxylation is 2. The average molecular weight is 231 g/mol. The summed E-state index contributed by atoms with van der Waals surface area (Å²) in [4.78, 5) is 0. The number of hydrogen-bond acceptors (Lipinski definition) is 1. The Labute approximate surface area is 106 Å². The van der Waals surface area contributed by atoms with Crippen molar-refractivity contribution in [1.82, 2.24) is 0 Å². The van der Waals surface area contributed by atoms with E-state index in [-0.39, 0.29) is 0 Å².